The van der Waals surface area contributed by atoms with Crippen molar-refractivity contribution in [3.8, 4) is 0 Å². The second kappa shape index (κ2) is 5.54. The molecule has 0 atom stereocenters. The Morgan fingerprint density at radius 2 is 2.29 bits per heavy atom. The van der Waals surface area contributed by atoms with Crippen LogP contribution in [0.15, 0.2) is 12.3 Å². The van der Waals surface area contributed by atoms with Crippen LogP contribution in [-0.2, 0) is 0 Å². The van der Waals surface area contributed by atoms with Crippen LogP contribution in [0.3, 0.4) is 0 Å². The van der Waals surface area contributed by atoms with Crippen molar-refractivity contribution in [3.05, 3.63) is 12.3 Å². The van der Waals surface area contributed by atoms with Gasteiger partial charge >= 0.3 is 0 Å². The van der Waals surface area contributed by atoms with Crippen molar-refractivity contribution in [2.75, 3.05) is 0 Å². The third kappa shape index (κ3) is 5.54. The summed E-state index contributed by atoms with van der Waals surface area (Å²) >= 11 is 0. The van der Waals surface area contributed by atoms with Crippen molar-refractivity contribution in [1.82, 2.24) is 0 Å². The van der Waals surface area contributed by atoms with Crippen LogP contribution in [0.4, 0.5) is 0 Å². The quantitative estimate of drug-likeness (QED) is 0.535. The van der Waals surface area contributed by atoms with Crippen LogP contribution in [0, 0.1) is 0 Å². The molecule has 2 N–H and O–H groups in total. The Bertz CT molecular complexity index is 48.1. The molecule has 0 aliphatic carbocycles. The molecule has 1 heteroatoms. The molecule has 0 fully saturated rings. The first-order chi connectivity index (χ1) is 3.41. The van der Waals surface area contributed by atoms with Crippen LogP contribution in [0.2, 0.25) is 0 Å². The molecule has 0 unspecified atom stereocenters. The predicted octanol–water partition coefficient (Wildman–Crippen LogP) is 1.65. The molecular weight excluding hydrogens is 86.1 g/mol. The molecule has 0 heterocycles. The molecule has 0 aliphatic rings. The van der Waals surface area contributed by atoms with Crippen molar-refractivity contribution in [2.24, 2.45) is 5.73 Å². The fraction of sp³-hybridized carbons (Fsp3) is 0.667. The van der Waals surface area contributed by atoms with E-state index in [1.54, 1.807) is 6.20 Å². The summed E-state index contributed by atoms with van der Waals surface area (Å²) in [6.07, 6.45) is 7.24. The fourth-order valence-electron chi connectivity index (χ4n) is 0.418. The van der Waals surface area contributed by atoms with Gasteiger partial charge in [-0.15, -0.1) is 0 Å². The zero-order valence-electron chi connectivity index (χ0n) is 4.85. The highest BCUT2D eigenvalue weighted by Gasteiger charge is 1.73. The summed E-state index contributed by atoms with van der Waals surface area (Å²) in [4.78, 5) is 0. The molecule has 0 bridgehead atoms. The van der Waals surface area contributed by atoms with Crippen LogP contribution in [0.1, 0.15) is 26.2 Å². The molecule has 0 rings (SSSR count). The lowest BCUT2D eigenvalue weighted by atomic mass is 10.2. The minimum absolute atomic E-state index is 1.13. The average molecular weight is 99.2 g/mol. The number of unbranched alkanes of at least 4 members (excludes halogenated alkanes) is 2. The van der Waals surface area contributed by atoms with Gasteiger partial charge in [0.25, 0.3) is 0 Å². The standard InChI is InChI=1S/C6H13N/c1-2-3-4-5-6-7/h5-6H,2-4,7H2,1H3. The number of allylic oxidation sites excluding steroid dienone is 1. The van der Waals surface area contributed by atoms with Crippen LogP contribution >= 0.6 is 0 Å². The molecule has 0 aromatic rings. The zero-order chi connectivity index (χ0) is 5.54. The van der Waals surface area contributed by atoms with Crippen molar-refractivity contribution in [1.29, 1.82) is 0 Å². The van der Waals surface area contributed by atoms with Gasteiger partial charge in [0, 0.05) is 0 Å². The molecule has 0 aromatic heterocycles. The minimum atomic E-state index is 1.13. The number of nitrogens with two attached hydrogens (primary N) is 1. The lowest BCUT2D eigenvalue weighted by molar-refractivity contribution is 0.814. The van der Waals surface area contributed by atoms with Gasteiger partial charge in [0.05, 0.1) is 0 Å². The van der Waals surface area contributed by atoms with Gasteiger partial charge in [-0.2, -0.15) is 0 Å². The van der Waals surface area contributed by atoms with Crippen LogP contribution < -0.4 is 5.73 Å². The van der Waals surface area contributed by atoms with Crippen molar-refractivity contribution in [3.63, 3.8) is 0 Å². The number of hydrogen-bond donors (Lipinski definition) is 1. The van der Waals surface area contributed by atoms with E-state index >= 15 is 0 Å². The first-order valence-corrected chi connectivity index (χ1v) is 2.78. The molecule has 0 saturated carbocycles. The topological polar surface area (TPSA) is 26.0 Å². The van der Waals surface area contributed by atoms with E-state index in [0.717, 1.165) is 6.42 Å². The third-order valence-electron chi connectivity index (χ3n) is 0.860. The van der Waals surface area contributed by atoms with E-state index in [2.05, 4.69) is 6.92 Å². The first-order valence-electron chi connectivity index (χ1n) is 2.78. The highest BCUT2D eigenvalue weighted by molar-refractivity contribution is 4.74. The molecule has 0 radical (unpaired) electrons. The highest BCUT2D eigenvalue weighted by Crippen LogP contribution is 1.92. The van der Waals surface area contributed by atoms with E-state index in [4.69, 9.17) is 5.73 Å². The van der Waals surface area contributed by atoms with Gasteiger partial charge in [-0.05, 0) is 12.6 Å². The summed E-state index contributed by atoms with van der Waals surface area (Å²) in [6.45, 7) is 2.17. The second-order valence-electron chi connectivity index (χ2n) is 1.57. The van der Waals surface area contributed by atoms with Crippen LogP contribution in [0.25, 0.3) is 0 Å². The van der Waals surface area contributed by atoms with Crippen LogP contribution in [0.5, 0.6) is 0 Å². The smallest absolute Gasteiger partial charge is 0.0103 e. The van der Waals surface area contributed by atoms with Gasteiger partial charge in [0.2, 0.25) is 0 Å². The summed E-state index contributed by atoms with van der Waals surface area (Å²) in [7, 11) is 0. The van der Waals surface area contributed by atoms with Gasteiger partial charge in [-0.3, -0.25) is 0 Å². The van der Waals surface area contributed by atoms with Crippen molar-refractivity contribution < 1.29 is 0 Å². The average Bonchev–Trinajstić information content (AvgIpc) is 1.69. The zero-order valence-corrected chi connectivity index (χ0v) is 4.85. The number of rotatable bonds is 3. The second-order valence-corrected chi connectivity index (χ2v) is 1.57. The molecule has 0 aromatic carbocycles. The van der Waals surface area contributed by atoms with E-state index in [-0.39, 0.29) is 0 Å². The summed E-state index contributed by atoms with van der Waals surface area (Å²) in [6, 6.07) is 0. The van der Waals surface area contributed by atoms with Crippen molar-refractivity contribution >= 4 is 0 Å². The molecule has 1 nitrogen and oxygen atoms in total. The summed E-state index contributed by atoms with van der Waals surface area (Å²) in [5.41, 5.74) is 5.09. The van der Waals surface area contributed by atoms with Crippen molar-refractivity contribution in [2.45, 2.75) is 26.2 Å². The largest absolute Gasteiger partial charge is 0.405 e. The van der Waals surface area contributed by atoms with E-state index < -0.39 is 0 Å². The molecule has 0 spiro atoms. The predicted molar refractivity (Wildman–Crippen MR) is 32.9 cm³/mol. The molecule has 7 heavy (non-hydrogen) atoms. The maximum atomic E-state index is 5.09. The Morgan fingerprint density at radius 3 is 2.71 bits per heavy atom. The molecule has 0 amide bonds. The highest BCUT2D eigenvalue weighted by atomic mass is 14.5. The van der Waals surface area contributed by atoms with E-state index in [0.29, 0.717) is 0 Å². The lowest BCUT2D eigenvalue weighted by Crippen LogP contribution is -1.75. The Balaban J connectivity index is 2.69. The SMILES string of the molecule is CCCCC=CN. The molecule has 0 aliphatic heterocycles. The van der Waals surface area contributed by atoms with Crippen LogP contribution in [-0.4, -0.2) is 0 Å². The fourth-order valence-corrected chi connectivity index (χ4v) is 0.418. The minimum Gasteiger partial charge on any atom is -0.405 e. The van der Waals surface area contributed by atoms with E-state index in [9.17, 15) is 0 Å². The van der Waals surface area contributed by atoms with E-state index in [1.807, 2.05) is 6.08 Å². The summed E-state index contributed by atoms with van der Waals surface area (Å²) < 4.78 is 0. The Kier molecular flexibility index (Phi) is 5.18. The van der Waals surface area contributed by atoms with E-state index in [1.165, 1.54) is 12.8 Å². The Morgan fingerprint density at radius 1 is 1.57 bits per heavy atom. The van der Waals surface area contributed by atoms with Gasteiger partial charge in [0.1, 0.15) is 0 Å². The first kappa shape index (κ1) is 6.54. The third-order valence-corrected chi connectivity index (χ3v) is 0.860. The van der Waals surface area contributed by atoms with Gasteiger partial charge < -0.3 is 5.73 Å². The van der Waals surface area contributed by atoms with Gasteiger partial charge in [-0.1, -0.05) is 25.8 Å². The maximum Gasteiger partial charge on any atom is -0.0103 e. The van der Waals surface area contributed by atoms with Gasteiger partial charge in [-0.25, -0.2) is 0 Å². The summed E-state index contributed by atoms with van der Waals surface area (Å²) in [5, 5.41) is 0. The number of hydrogen-bond acceptors (Lipinski definition) is 1. The Hall–Kier alpha value is -0.460. The van der Waals surface area contributed by atoms with Gasteiger partial charge in [0.15, 0.2) is 0 Å². The Labute approximate surface area is 45.2 Å². The summed E-state index contributed by atoms with van der Waals surface area (Å²) in [5.74, 6) is 0. The monoisotopic (exact) mass is 99.1 g/mol. The normalized spacial score (nSPS) is 10.4. The lowest BCUT2D eigenvalue weighted by Gasteiger charge is -1.83. The molecule has 42 valence electrons. The molecular formula is C6H13N. The molecule has 0 saturated heterocycles. The maximum absolute atomic E-state index is 5.09.